The number of para-hydroxylation sites is 1. The Morgan fingerprint density at radius 3 is 2.75 bits per heavy atom. The summed E-state index contributed by atoms with van der Waals surface area (Å²) in [4.78, 5) is 0. The van der Waals surface area contributed by atoms with Crippen LogP contribution < -0.4 is 5.73 Å². The van der Waals surface area contributed by atoms with E-state index in [4.69, 9.17) is 10.5 Å². The van der Waals surface area contributed by atoms with Crippen LogP contribution in [-0.2, 0) is 20.5 Å². The van der Waals surface area contributed by atoms with E-state index in [0.717, 1.165) is 13.0 Å². The highest BCUT2D eigenvalue weighted by molar-refractivity contribution is 7.88. The number of hydrogen-bond donors (Lipinski definition) is 1. The molecule has 1 aromatic carbocycles. The maximum absolute atomic E-state index is 12.5. The van der Waals surface area contributed by atoms with Crippen LogP contribution in [0, 0.1) is 5.92 Å². The number of nitrogen functional groups attached to an aromatic ring is 1. The van der Waals surface area contributed by atoms with Gasteiger partial charge in [-0.2, -0.15) is 0 Å². The maximum Gasteiger partial charge on any atom is 0.218 e. The van der Waals surface area contributed by atoms with Crippen LogP contribution in [0.1, 0.15) is 18.9 Å². The van der Waals surface area contributed by atoms with Gasteiger partial charge in [0.15, 0.2) is 0 Å². The van der Waals surface area contributed by atoms with Crippen LogP contribution in [0.15, 0.2) is 24.3 Å². The van der Waals surface area contributed by atoms with Gasteiger partial charge in [-0.25, -0.2) is 12.7 Å². The number of ether oxygens (including phenoxy) is 1. The molecule has 1 aliphatic heterocycles. The molecule has 1 atom stereocenters. The number of benzene rings is 1. The SMILES string of the molecule is CCN(CC1CCOC1)S(=O)(=O)Cc1ccccc1N. The molecule has 0 bridgehead atoms. The predicted molar refractivity (Wildman–Crippen MR) is 79.7 cm³/mol. The largest absolute Gasteiger partial charge is 0.398 e. The van der Waals surface area contributed by atoms with Gasteiger partial charge in [0.2, 0.25) is 10.0 Å². The lowest BCUT2D eigenvalue weighted by Crippen LogP contribution is -2.36. The fourth-order valence-electron chi connectivity index (χ4n) is 2.41. The first-order valence-electron chi connectivity index (χ1n) is 6.92. The Labute approximate surface area is 120 Å². The van der Waals surface area contributed by atoms with Gasteiger partial charge in [-0.05, 0) is 24.0 Å². The summed E-state index contributed by atoms with van der Waals surface area (Å²) in [5.41, 5.74) is 7.02. The molecule has 0 aliphatic carbocycles. The van der Waals surface area contributed by atoms with E-state index in [9.17, 15) is 8.42 Å². The Morgan fingerprint density at radius 2 is 2.15 bits per heavy atom. The summed E-state index contributed by atoms with van der Waals surface area (Å²) in [5, 5.41) is 0. The van der Waals surface area contributed by atoms with Crippen molar-refractivity contribution in [3.05, 3.63) is 29.8 Å². The van der Waals surface area contributed by atoms with Crippen molar-refractivity contribution in [2.75, 3.05) is 32.0 Å². The van der Waals surface area contributed by atoms with Gasteiger partial charge in [0.25, 0.3) is 0 Å². The standard InChI is InChI=1S/C14H22N2O3S/c1-2-16(9-12-7-8-19-10-12)20(17,18)11-13-5-3-4-6-14(13)15/h3-6,12H,2,7-11,15H2,1H3. The molecule has 1 fully saturated rings. The van der Waals surface area contributed by atoms with E-state index in [1.54, 1.807) is 22.5 Å². The second-order valence-corrected chi connectivity index (χ2v) is 7.10. The Hall–Kier alpha value is -1.11. The fourth-order valence-corrected chi connectivity index (χ4v) is 4.08. The Balaban J connectivity index is 2.08. The molecule has 1 aliphatic rings. The molecule has 0 spiro atoms. The van der Waals surface area contributed by atoms with E-state index in [1.807, 2.05) is 13.0 Å². The van der Waals surface area contributed by atoms with E-state index in [0.29, 0.717) is 36.9 Å². The van der Waals surface area contributed by atoms with Crippen LogP contribution in [0.2, 0.25) is 0 Å². The second kappa shape index (κ2) is 6.56. The third kappa shape index (κ3) is 3.71. The normalized spacial score (nSPS) is 19.6. The summed E-state index contributed by atoms with van der Waals surface area (Å²) in [6.07, 6.45) is 0.930. The van der Waals surface area contributed by atoms with E-state index in [1.165, 1.54) is 0 Å². The maximum atomic E-state index is 12.5. The van der Waals surface area contributed by atoms with Crippen molar-refractivity contribution in [3.63, 3.8) is 0 Å². The van der Waals surface area contributed by atoms with Gasteiger partial charge in [-0.1, -0.05) is 25.1 Å². The van der Waals surface area contributed by atoms with Gasteiger partial charge in [0, 0.05) is 25.4 Å². The average Bonchev–Trinajstić information content (AvgIpc) is 2.91. The van der Waals surface area contributed by atoms with E-state index in [-0.39, 0.29) is 5.75 Å². The monoisotopic (exact) mass is 298 g/mol. The van der Waals surface area contributed by atoms with Gasteiger partial charge in [0.1, 0.15) is 0 Å². The number of nitrogens with zero attached hydrogens (tertiary/aromatic N) is 1. The molecule has 20 heavy (non-hydrogen) atoms. The number of anilines is 1. The van der Waals surface area contributed by atoms with Crippen molar-refractivity contribution in [2.45, 2.75) is 19.1 Å². The van der Waals surface area contributed by atoms with Crippen molar-refractivity contribution in [3.8, 4) is 0 Å². The van der Waals surface area contributed by atoms with Gasteiger partial charge in [0.05, 0.1) is 12.4 Å². The number of nitrogens with two attached hydrogens (primary N) is 1. The van der Waals surface area contributed by atoms with Crippen molar-refractivity contribution < 1.29 is 13.2 Å². The van der Waals surface area contributed by atoms with Crippen molar-refractivity contribution in [1.29, 1.82) is 0 Å². The summed E-state index contributed by atoms with van der Waals surface area (Å²) in [7, 11) is -3.34. The second-order valence-electron chi connectivity index (χ2n) is 5.14. The first kappa shape index (κ1) is 15.3. The quantitative estimate of drug-likeness (QED) is 0.807. The van der Waals surface area contributed by atoms with E-state index in [2.05, 4.69) is 0 Å². The highest BCUT2D eigenvalue weighted by atomic mass is 32.2. The van der Waals surface area contributed by atoms with Gasteiger partial charge in [-0.3, -0.25) is 0 Å². The molecule has 1 heterocycles. The molecular formula is C14H22N2O3S. The minimum atomic E-state index is -3.34. The smallest absolute Gasteiger partial charge is 0.218 e. The molecular weight excluding hydrogens is 276 g/mol. The first-order chi connectivity index (χ1) is 9.53. The molecule has 0 saturated carbocycles. The highest BCUT2D eigenvalue weighted by Gasteiger charge is 2.26. The molecule has 5 nitrogen and oxygen atoms in total. The Bertz CT molecular complexity index is 539. The summed E-state index contributed by atoms with van der Waals surface area (Å²) >= 11 is 0. The van der Waals surface area contributed by atoms with Gasteiger partial charge in [-0.15, -0.1) is 0 Å². The van der Waals surface area contributed by atoms with Crippen LogP contribution >= 0.6 is 0 Å². The topological polar surface area (TPSA) is 72.6 Å². The molecule has 1 aromatic rings. The summed E-state index contributed by atoms with van der Waals surface area (Å²) < 4.78 is 31.9. The Kier molecular flexibility index (Phi) is 5.01. The van der Waals surface area contributed by atoms with Crippen molar-refractivity contribution in [2.24, 2.45) is 5.92 Å². The number of hydrogen-bond acceptors (Lipinski definition) is 4. The number of rotatable bonds is 6. The minimum Gasteiger partial charge on any atom is -0.398 e. The van der Waals surface area contributed by atoms with Crippen LogP contribution in [-0.4, -0.2) is 39.0 Å². The third-order valence-corrected chi connectivity index (χ3v) is 5.49. The number of sulfonamides is 1. The van der Waals surface area contributed by atoms with Gasteiger partial charge < -0.3 is 10.5 Å². The van der Waals surface area contributed by atoms with E-state index >= 15 is 0 Å². The highest BCUT2D eigenvalue weighted by Crippen LogP contribution is 2.20. The van der Waals surface area contributed by atoms with Crippen LogP contribution in [0.3, 0.4) is 0 Å². The summed E-state index contributed by atoms with van der Waals surface area (Å²) in [6.45, 7) is 4.26. The Morgan fingerprint density at radius 1 is 1.40 bits per heavy atom. The van der Waals surface area contributed by atoms with Crippen molar-refractivity contribution in [1.82, 2.24) is 4.31 Å². The van der Waals surface area contributed by atoms with Crippen molar-refractivity contribution >= 4 is 15.7 Å². The molecule has 2 N–H and O–H groups in total. The first-order valence-corrected chi connectivity index (χ1v) is 8.52. The molecule has 1 saturated heterocycles. The fraction of sp³-hybridized carbons (Fsp3) is 0.571. The molecule has 1 unspecified atom stereocenters. The van der Waals surface area contributed by atoms with Crippen LogP contribution in [0.25, 0.3) is 0 Å². The molecule has 0 amide bonds. The lowest BCUT2D eigenvalue weighted by Gasteiger charge is -2.23. The zero-order chi connectivity index (χ0) is 14.6. The van der Waals surface area contributed by atoms with Gasteiger partial charge >= 0.3 is 0 Å². The van der Waals surface area contributed by atoms with E-state index < -0.39 is 10.0 Å². The molecule has 0 radical (unpaired) electrons. The molecule has 6 heteroatoms. The lowest BCUT2D eigenvalue weighted by molar-refractivity contribution is 0.181. The molecule has 0 aromatic heterocycles. The van der Waals surface area contributed by atoms with Crippen LogP contribution in [0.4, 0.5) is 5.69 Å². The summed E-state index contributed by atoms with van der Waals surface area (Å²) in [5.74, 6) is 0.263. The zero-order valence-corrected chi connectivity index (χ0v) is 12.6. The molecule has 112 valence electrons. The minimum absolute atomic E-state index is 0.0406. The van der Waals surface area contributed by atoms with Crippen LogP contribution in [0.5, 0.6) is 0 Å². The zero-order valence-electron chi connectivity index (χ0n) is 11.8. The molecule has 2 rings (SSSR count). The lowest BCUT2D eigenvalue weighted by atomic mass is 10.1. The third-order valence-electron chi connectivity index (χ3n) is 3.62. The predicted octanol–water partition coefficient (Wildman–Crippen LogP) is 1.46. The average molecular weight is 298 g/mol. The summed E-state index contributed by atoms with van der Waals surface area (Å²) in [6, 6.07) is 7.10.